The molecule has 6 nitrogen and oxygen atoms in total. The highest BCUT2D eigenvalue weighted by atomic mass is 19.4. The molecule has 1 rings (SSSR count). The molecule has 9 heteroatoms. The van der Waals surface area contributed by atoms with Crippen LogP contribution in [-0.2, 0) is 22.1 Å². The second kappa shape index (κ2) is 7.06. The van der Waals surface area contributed by atoms with E-state index in [0.717, 1.165) is 17.2 Å². The van der Waals surface area contributed by atoms with Crippen molar-refractivity contribution in [1.29, 1.82) is 0 Å². The third-order valence-corrected chi connectivity index (χ3v) is 2.98. The van der Waals surface area contributed by atoms with Crippen LogP contribution in [-0.4, -0.2) is 45.7 Å². The Labute approximate surface area is 137 Å². The fourth-order valence-electron chi connectivity index (χ4n) is 1.83. The maximum absolute atomic E-state index is 12.7. The quantitative estimate of drug-likeness (QED) is 0.905. The number of amides is 1. The van der Waals surface area contributed by atoms with E-state index < -0.39 is 35.6 Å². The van der Waals surface area contributed by atoms with Crippen LogP contribution >= 0.6 is 0 Å². The van der Waals surface area contributed by atoms with Crippen molar-refractivity contribution >= 4 is 12.1 Å². The van der Waals surface area contributed by atoms with E-state index >= 15 is 0 Å². The summed E-state index contributed by atoms with van der Waals surface area (Å²) < 4.78 is 43.1. The lowest BCUT2D eigenvalue weighted by Gasteiger charge is -2.28. The standard InChI is InChI=1S/C15H19F3N2O4/c1-14(2,3)24-13(23)20(4)10(12(21)22)7-9-5-6-19-11(8-9)15(16,17)18/h5-6,8,10H,7H2,1-4H3,(H,21,22)/t10-/m1/s1. The highest BCUT2D eigenvalue weighted by molar-refractivity contribution is 5.80. The lowest BCUT2D eigenvalue weighted by Crippen LogP contribution is -2.46. The molecule has 1 atom stereocenters. The van der Waals surface area contributed by atoms with Crippen molar-refractivity contribution in [2.75, 3.05) is 7.05 Å². The summed E-state index contributed by atoms with van der Waals surface area (Å²) in [5.41, 5.74) is -1.85. The molecule has 0 aliphatic rings. The molecular formula is C15H19F3N2O4. The van der Waals surface area contributed by atoms with E-state index in [2.05, 4.69) is 4.98 Å². The molecule has 134 valence electrons. The van der Waals surface area contributed by atoms with Gasteiger partial charge in [0.25, 0.3) is 0 Å². The van der Waals surface area contributed by atoms with E-state index in [4.69, 9.17) is 4.74 Å². The van der Waals surface area contributed by atoms with E-state index in [1.165, 1.54) is 13.1 Å². The molecule has 1 heterocycles. The normalized spacial score (nSPS) is 13.3. The van der Waals surface area contributed by atoms with Gasteiger partial charge in [-0.3, -0.25) is 9.88 Å². The average molecular weight is 348 g/mol. The molecule has 1 amide bonds. The molecule has 0 aliphatic heterocycles. The molecule has 0 fully saturated rings. The molecule has 0 aromatic carbocycles. The minimum absolute atomic E-state index is 0.0973. The Balaban J connectivity index is 2.99. The summed E-state index contributed by atoms with van der Waals surface area (Å²) >= 11 is 0. The van der Waals surface area contributed by atoms with Gasteiger partial charge < -0.3 is 9.84 Å². The molecule has 0 saturated carbocycles. The first-order valence-electron chi connectivity index (χ1n) is 7.02. The number of ether oxygens (including phenoxy) is 1. The Morgan fingerprint density at radius 3 is 2.38 bits per heavy atom. The summed E-state index contributed by atoms with van der Waals surface area (Å²) in [5.74, 6) is -1.35. The number of carboxylic acids is 1. The number of carbonyl (C=O) groups is 2. The Hall–Kier alpha value is -2.32. The number of likely N-dealkylation sites (N-methyl/N-ethyl adjacent to an activating group) is 1. The second-order valence-corrected chi connectivity index (χ2v) is 6.20. The van der Waals surface area contributed by atoms with Crippen LogP contribution in [0.15, 0.2) is 18.3 Å². The molecule has 1 aromatic heterocycles. The molecular weight excluding hydrogens is 329 g/mol. The van der Waals surface area contributed by atoms with Crippen LogP contribution in [0.1, 0.15) is 32.0 Å². The van der Waals surface area contributed by atoms with Gasteiger partial charge in [0.15, 0.2) is 0 Å². The highest BCUT2D eigenvalue weighted by Gasteiger charge is 2.34. The van der Waals surface area contributed by atoms with Gasteiger partial charge >= 0.3 is 18.2 Å². The van der Waals surface area contributed by atoms with Crippen LogP contribution in [0.3, 0.4) is 0 Å². The van der Waals surface area contributed by atoms with Gasteiger partial charge in [-0.05, 0) is 38.5 Å². The summed E-state index contributed by atoms with van der Waals surface area (Å²) in [6, 6.07) is 0.663. The number of carboxylic acid groups (broad SMARTS) is 1. The third-order valence-electron chi connectivity index (χ3n) is 2.98. The van der Waals surface area contributed by atoms with Gasteiger partial charge in [-0.1, -0.05) is 0 Å². The van der Waals surface area contributed by atoms with E-state index in [9.17, 15) is 27.9 Å². The van der Waals surface area contributed by atoms with Crippen LogP contribution in [0.25, 0.3) is 0 Å². The number of hydrogen-bond acceptors (Lipinski definition) is 4. The zero-order valence-corrected chi connectivity index (χ0v) is 13.7. The van der Waals surface area contributed by atoms with Gasteiger partial charge in [0.2, 0.25) is 0 Å². The number of carbonyl (C=O) groups excluding carboxylic acids is 1. The average Bonchev–Trinajstić information content (AvgIpc) is 2.41. The summed E-state index contributed by atoms with van der Waals surface area (Å²) in [4.78, 5) is 27.4. The summed E-state index contributed by atoms with van der Waals surface area (Å²) in [6.45, 7) is 4.85. The van der Waals surface area contributed by atoms with E-state index in [1.54, 1.807) is 20.8 Å². The van der Waals surface area contributed by atoms with Crippen LogP contribution in [0.5, 0.6) is 0 Å². The molecule has 0 unspecified atom stereocenters. The van der Waals surface area contributed by atoms with Gasteiger partial charge in [0.1, 0.15) is 17.3 Å². The number of pyridine rings is 1. The van der Waals surface area contributed by atoms with Crippen molar-refractivity contribution in [1.82, 2.24) is 9.88 Å². The Kier molecular flexibility index (Phi) is 5.80. The third kappa shape index (κ3) is 5.71. The molecule has 0 saturated heterocycles. The zero-order valence-electron chi connectivity index (χ0n) is 13.7. The van der Waals surface area contributed by atoms with E-state index in [0.29, 0.717) is 0 Å². The lowest BCUT2D eigenvalue weighted by atomic mass is 10.1. The fourth-order valence-corrected chi connectivity index (χ4v) is 1.83. The smallest absolute Gasteiger partial charge is 0.433 e. The van der Waals surface area contributed by atoms with Crippen molar-refractivity contribution in [3.8, 4) is 0 Å². The first-order valence-corrected chi connectivity index (χ1v) is 7.02. The number of hydrogen-bond donors (Lipinski definition) is 1. The predicted molar refractivity (Wildman–Crippen MR) is 78.4 cm³/mol. The molecule has 0 radical (unpaired) electrons. The van der Waals surface area contributed by atoms with Crippen LogP contribution in [0.2, 0.25) is 0 Å². The number of alkyl halides is 3. The summed E-state index contributed by atoms with van der Waals surface area (Å²) in [6.07, 6.45) is -4.87. The van der Waals surface area contributed by atoms with Crippen molar-refractivity contribution in [2.45, 2.75) is 45.0 Å². The number of aliphatic carboxylic acids is 1. The molecule has 0 spiro atoms. The lowest BCUT2D eigenvalue weighted by molar-refractivity contribution is -0.142. The minimum atomic E-state index is -4.63. The number of nitrogens with zero attached hydrogens (tertiary/aromatic N) is 2. The van der Waals surface area contributed by atoms with Crippen molar-refractivity contribution in [2.24, 2.45) is 0 Å². The number of halogens is 3. The summed E-state index contributed by atoms with van der Waals surface area (Å²) in [5, 5.41) is 9.29. The maximum atomic E-state index is 12.7. The van der Waals surface area contributed by atoms with E-state index in [1.807, 2.05) is 0 Å². The molecule has 0 aliphatic carbocycles. The Morgan fingerprint density at radius 2 is 1.92 bits per heavy atom. The van der Waals surface area contributed by atoms with Gasteiger partial charge in [0.05, 0.1) is 0 Å². The second-order valence-electron chi connectivity index (χ2n) is 6.20. The molecule has 1 aromatic rings. The molecule has 1 N–H and O–H groups in total. The first-order chi connectivity index (χ1) is 10.8. The molecule has 0 bridgehead atoms. The van der Waals surface area contributed by atoms with Crippen molar-refractivity contribution < 1.29 is 32.6 Å². The molecule has 24 heavy (non-hydrogen) atoms. The fraction of sp³-hybridized carbons (Fsp3) is 0.533. The van der Waals surface area contributed by atoms with Gasteiger partial charge in [-0.25, -0.2) is 9.59 Å². The van der Waals surface area contributed by atoms with E-state index in [-0.39, 0.29) is 12.0 Å². The largest absolute Gasteiger partial charge is 0.480 e. The predicted octanol–water partition coefficient (Wildman–Crippen LogP) is 2.96. The zero-order chi connectivity index (χ0) is 18.7. The van der Waals surface area contributed by atoms with Gasteiger partial charge in [0, 0.05) is 19.7 Å². The van der Waals surface area contributed by atoms with Crippen LogP contribution in [0, 0.1) is 0 Å². The van der Waals surface area contributed by atoms with Crippen molar-refractivity contribution in [3.05, 3.63) is 29.6 Å². The van der Waals surface area contributed by atoms with Crippen LogP contribution < -0.4 is 0 Å². The summed E-state index contributed by atoms with van der Waals surface area (Å²) in [7, 11) is 1.22. The monoisotopic (exact) mass is 348 g/mol. The number of aromatic nitrogens is 1. The SMILES string of the molecule is CN(C(=O)OC(C)(C)C)[C@H](Cc1ccnc(C(F)(F)F)c1)C(=O)O. The number of rotatable bonds is 4. The Morgan fingerprint density at radius 1 is 1.33 bits per heavy atom. The van der Waals surface area contributed by atoms with Gasteiger partial charge in [-0.2, -0.15) is 13.2 Å². The Bertz CT molecular complexity index is 611. The minimum Gasteiger partial charge on any atom is -0.480 e. The first kappa shape index (κ1) is 19.7. The van der Waals surface area contributed by atoms with Crippen molar-refractivity contribution in [3.63, 3.8) is 0 Å². The van der Waals surface area contributed by atoms with Crippen LogP contribution in [0.4, 0.5) is 18.0 Å². The van der Waals surface area contributed by atoms with Gasteiger partial charge in [-0.15, -0.1) is 0 Å². The topological polar surface area (TPSA) is 79.7 Å². The highest BCUT2D eigenvalue weighted by Crippen LogP contribution is 2.28. The maximum Gasteiger partial charge on any atom is 0.433 e.